The molecule has 0 aliphatic rings. The van der Waals surface area contributed by atoms with Crippen molar-refractivity contribution in [1.82, 2.24) is 5.32 Å². The van der Waals surface area contributed by atoms with Gasteiger partial charge < -0.3 is 14.8 Å². The number of nitrogens with one attached hydrogen (secondary N) is 1. The van der Waals surface area contributed by atoms with Crippen molar-refractivity contribution in [2.75, 3.05) is 13.2 Å². The molecule has 1 rings (SSSR count). The molecule has 0 unspecified atom stereocenters. The van der Waals surface area contributed by atoms with Crippen LogP contribution in [0, 0.1) is 6.92 Å². The number of benzene rings is 1. The van der Waals surface area contributed by atoms with Crippen LogP contribution in [0.5, 0.6) is 5.75 Å². The highest BCUT2D eigenvalue weighted by molar-refractivity contribution is 5.81. The van der Waals surface area contributed by atoms with E-state index in [2.05, 4.69) is 5.32 Å². The van der Waals surface area contributed by atoms with E-state index in [0.29, 0.717) is 19.6 Å². The average molecular weight is 293 g/mol. The Labute approximate surface area is 127 Å². The van der Waals surface area contributed by atoms with Gasteiger partial charge in [0.05, 0.1) is 6.10 Å². The summed E-state index contributed by atoms with van der Waals surface area (Å²) in [6.07, 6.45) is 1.23. The second kappa shape index (κ2) is 9.40. The number of para-hydroxylation sites is 1. The molecule has 1 N–H and O–H groups in total. The predicted octanol–water partition coefficient (Wildman–Crippen LogP) is 3.08. The molecule has 0 bridgehead atoms. The molecule has 4 heteroatoms. The molecule has 0 spiro atoms. The van der Waals surface area contributed by atoms with Crippen molar-refractivity contribution in [1.29, 1.82) is 0 Å². The summed E-state index contributed by atoms with van der Waals surface area (Å²) in [5, 5.41) is 2.90. The van der Waals surface area contributed by atoms with Crippen molar-refractivity contribution in [3.8, 4) is 5.75 Å². The average Bonchev–Trinajstić information content (AvgIpc) is 2.45. The first-order chi connectivity index (χ1) is 10.0. The van der Waals surface area contributed by atoms with Crippen molar-refractivity contribution in [3.05, 3.63) is 29.8 Å². The summed E-state index contributed by atoms with van der Waals surface area (Å²) in [6.45, 7) is 9.20. The van der Waals surface area contributed by atoms with Crippen LogP contribution in [-0.2, 0) is 9.53 Å². The van der Waals surface area contributed by atoms with Gasteiger partial charge in [0.15, 0.2) is 6.10 Å². The topological polar surface area (TPSA) is 47.6 Å². The number of rotatable bonds is 9. The second-order valence-electron chi connectivity index (χ2n) is 5.34. The Kier molecular flexibility index (Phi) is 7.83. The highest BCUT2D eigenvalue weighted by Gasteiger charge is 2.18. The number of hydrogen-bond acceptors (Lipinski definition) is 3. The molecule has 0 heterocycles. The van der Waals surface area contributed by atoms with Crippen molar-refractivity contribution in [3.63, 3.8) is 0 Å². The smallest absolute Gasteiger partial charge is 0.261 e. The first-order valence-electron chi connectivity index (χ1n) is 7.66. The Morgan fingerprint density at radius 2 is 2.00 bits per heavy atom. The highest BCUT2D eigenvalue weighted by Crippen LogP contribution is 2.18. The maximum Gasteiger partial charge on any atom is 0.261 e. The number of aryl methyl sites for hydroxylation is 1. The minimum absolute atomic E-state index is 0.0645. The molecular formula is C17H27NO3. The van der Waals surface area contributed by atoms with E-state index in [9.17, 15) is 4.79 Å². The first kappa shape index (κ1) is 17.5. The van der Waals surface area contributed by atoms with Gasteiger partial charge in [-0.1, -0.05) is 25.1 Å². The van der Waals surface area contributed by atoms with Crippen LogP contribution in [0.2, 0.25) is 0 Å². The van der Waals surface area contributed by atoms with Crippen molar-refractivity contribution in [2.45, 2.75) is 52.7 Å². The SMILES string of the molecule is CC[C@H](Oc1ccccc1C)C(=O)NCCCOC(C)C. The molecule has 1 atom stereocenters. The normalized spacial score (nSPS) is 12.2. The van der Waals surface area contributed by atoms with E-state index in [4.69, 9.17) is 9.47 Å². The monoisotopic (exact) mass is 293 g/mol. The number of carbonyl (C=O) groups excluding carboxylic acids is 1. The Bertz CT molecular complexity index is 432. The Balaban J connectivity index is 2.38. The lowest BCUT2D eigenvalue weighted by atomic mass is 10.2. The predicted molar refractivity (Wildman–Crippen MR) is 84.6 cm³/mol. The van der Waals surface area contributed by atoms with Crippen LogP contribution >= 0.6 is 0 Å². The molecule has 0 aliphatic heterocycles. The fourth-order valence-electron chi connectivity index (χ4n) is 1.88. The molecule has 0 aliphatic carbocycles. The van der Waals surface area contributed by atoms with Crippen molar-refractivity contribution < 1.29 is 14.3 Å². The zero-order valence-corrected chi connectivity index (χ0v) is 13.5. The maximum absolute atomic E-state index is 12.1. The van der Waals surface area contributed by atoms with Gasteiger partial charge in [0.25, 0.3) is 5.91 Å². The number of hydrogen-bond donors (Lipinski definition) is 1. The molecule has 0 saturated heterocycles. The lowest BCUT2D eigenvalue weighted by molar-refractivity contribution is -0.128. The van der Waals surface area contributed by atoms with Gasteiger partial charge in [-0.2, -0.15) is 0 Å². The Hall–Kier alpha value is -1.55. The molecule has 1 amide bonds. The van der Waals surface area contributed by atoms with Gasteiger partial charge in [0.1, 0.15) is 5.75 Å². The van der Waals surface area contributed by atoms with Crippen molar-refractivity contribution >= 4 is 5.91 Å². The molecule has 0 aromatic heterocycles. The number of ether oxygens (including phenoxy) is 2. The summed E-state index contributed by atoms with van der Waals surface area (Å²) in [5.41, 5.74) is 1.04. The minimum atomic E-state index is -0.447. The largest absolute Gasteiger partial charge is 0.480 e. The number of carbonyl (C=O) groups is 1. The van der Waals surface area contributed by atoms with Gasteiger partial charge in [-0.05, 0) is 45.2 Å². The van der Waals surface area contributed by atoms with Crippen LogP contribution in [0.25, 0.3) is 0 Å². The summed E-state index contributed by atoms with van der Waals surface area (Å²) in [4.78, 5) is 12.1. The molecule has 0 fully saturated rings. The highest BCUT2D eigenvalue weighted by atomic mass is 16.5. The van der Waals surface area contributed by atoms with Crippen LogP contribution < -0.4 is 10.1 Å². The van der Waals surface area contributed by atoms with Crippen LogP contribution in [0.4, 0.5) is 0 Å². The zero-order valence-electron chi connectivity index (χ0n) is 13.5. The molecule has 1 aromatic rings. The fourth-order valence-corrected chi connectivity index (χ4v) is 1.88. The van der Waals surface area contributed by atoms with Gasteiger partial charge in [0, 0.05) is 13.2 Å². The summed E-state index contributed by atoms with van der Waals surface area (Å²) < 4.78 is 11.2. The molecule has 1 aromatic carbocycles. The lowest BCUT2D eigenvalue weighted by Crippen LogP contribution is -2.38. The number of amides is 1. The van der Waals surface area contributed by atoms with E-state index >= 15 is 0 Å². The van der Waals surface area contributed by atoms with Crippen LogP contribution in [0.1, 0.15) is 39.2 Å². The quantitative estimate of drug-likeness (QED) is 0.712. The molecule has 4 nitrogen and oxygen atoms in total. The Morgan fingerprint density at radius 1 is 1.29 bits per heavy atom. The van der Waals surface area contributed by atoms with Gasteiger partial charge >= 0.3 is 0 Å². The third kappa shape index (κ3) is 6.63. The zero-order chi connectivity index (χ0) is 15.7. The second-order valence-corrected chi connectivity index (χ2v) is 5.34. The van der Waals surface area contributed by atoms with E-state index in [1.807, 2.05) is 52.0 Å². The van der Waals surface area contributed by atoms with Crippen LogP contribution in [0.3, 0.4) is 0 Å². The van der Waals surface area contributed by atoms with E-state index in [1.54, 1.807) is 0 Å². The van der Waals surface area contributed by atoms with Crippen molar-refractivity contribution in [2.24, 2.45) is 0 Å². The lowest BCUT2D eigenvalue weighted by Gasteiger charge is -2.18. The van der Waals surface area contributed by atoms with E-state index in [0.717, 1.165) is 17.7 Å². The third-order valence-corrected chi connectivity index (χ3v) is 3.10. The molecule has 0 radical (unpaired) electrons. The van der Waals surface area contributed by atoms with Gasteiger partial charge in [-0.3, -0.25) is 4.79 Å². The van der Waals surface area contributed by atoms with Crippen LogP contribution in [0.15, 0.2) is 24.3 Å². The maximum atomic E-state index is 12.1. The van der Waals surface area contributed by atoms with Crippen LogP contribution in [-0.4, -0.2) is 31.3 Å². The third-order valence-electron chi connectivity index (χ3n) is 3.10. The Morgan fingerprint density at radius 3 is 2.62 bits per heavy atom. The summed E-state index contributed by atoms with van der Waals surface area (Å²) in [6, 6.07) is 7.74. The first-order valence-corrected chi connectivity index (χ1v) is 7.66. The summed E-state index contributed by atoms with van der Waals surface area (Å²) in [7, 11) is 0. The minimum Gasteiger partial charge on any atom is -0.480 e. The van der Waals surface area contributed by atoms with E-state index < -0.39 is 6.10 Å². The molecule has 21 heavy (non-hydrogen) atoms. The van der Waals surface area contributed by atoms with Gasteiger partial charge in [-0.25, -0.2) is 0 Å². The summed E-state index contributed by atoms with van der Waals surface area (Å²) in [5.74, 6) is 0.702. The van der Waals surface area contributed by atoms with Gasteiger partial charge in [-0.15, -0.1) is 0 Å². The summed E-state index contributed by atoms with van der Waals surface area (Å²) >= 11 is 0. The van der Waals surface area contributed by atoms with E-state index in [1.165, 1.54) is 0 Å². The van der Waals surface area contributed by atoms with Gasteiger partial charge in [0.2, 0.25) is 0 Å². The standard InChI is InChI=1S/C17H27NO3/c1-5-15(21-16-10-7-6-9-14(16)4)17(19)18-11-8-12-20-13(2)3/h6-7,9-10,13,15H,5,8,11-12H2,1-4H3,(H,18,19)/t15-/m0/s1. The molecular weight excluding hydrogens is 266 g/mol. The van der Waals surface area contributed by atoms with E-state index in [-0.39, 0.29) is 12.0 Å². The molecule has 118 valence electrons. The molecule has 0 saturated carbocycles. The fraction of sp³-hybridized carbons (Fsp3) is 0.588.